The van der Waals surface area contributed by atoms with E-state index < -0.39 is 0 Å². The predicted octanol–water partition coefficient (Wildman–Crippen LogP) is 5.79. The monoisotopic (exact) mass is 447 g/mol. The maximum Gasteiger partial charge on any atom is 0.255 e. The number of nitrogens with one attached hydrogen (secondary N) is 1. The molecule has 0 atom stereocenters. The Hall–Kier alpha value is -2.34. The molecule has 2 aromatic rings. The van der Waals surface area contributed by atoms with E-state index in [1.54, 1.807) is 30.3 Å². The summed E-state index contributed by atoms with van der Waals surface area (Å²) < 4.78 is 12.3. The Morgan fingerprint density at radius 3 is 1.93 bits per heavy atom. The van der Waals surface area contributed by atoms with E-state index in [9.17, 15) is 9.59 Å². The molecular formula is C22H26BrNO4. The van der Waals surface area contributed by atoms with Crippen molar-refractivity contribution in [2.45, 2.75) is 53.8 Å². The molecular weight excluding hydrogens is 422 g/mol. The van der Waals surface area contributed by atoms with Crippen molar-refractivity contribution in [1.82, 2.24) is 0 Å². The van der Waals surface area contributed by atoms with Crippen molar-refractivity contribution in [2.75, 3.05) is 5.32 Å². The Balaban J connectivity index is 2.35. The van der Waals surface area contributed by atoms with Crippen LogP contribution < -0.4 is 14.8 Å². The fourth-order valence-electron chi connectivity index (χ4n) is 2.72. The number of carbonyl (C=O) groups excluding carboxylic acids is 2. The molecule has 28 heavy (non-hydrogen) atoms. The molecule has 2 rings (SSSR count). The molecule has 2 aromatic carbocycles. The second kappa shape index (κ2) is 9.24. The fraction of sp³-hybridized carbons (Fsp3) is 0.364. The summed E-state index contributed by atoms with van der Waals surface area (Å²) in [5, 5.41) is 2.87. The molecule has 0 saturated carbocycles. The van der Waals surface area contributed by atoms with Crippen molar-refractivity contribution in [3.05, 3.63) is 51.5 Å². The van der Waals surface area contributed by atoms with Gasteiger partial charge in [0, 0.05) is 16.8 Å². The number of ketones is 1. The van der Waals surface area contributed by atoms with Gasteiger partial charge < -0.3 is 14.8 Å². The summed E-state index contributed by atoms with van der Waals surface area (Å²) in [6, 6.07) is 8.59. The smallest absolute Gasteiger partial charge is 0.255 e. The van der Waals surface area contributed by atoms with Gasteiger partial charge in [-0.2, -0.15) is 0 Å². The number of aryl methyl sites for hydroxylation is 1. The highest BCUT2D eigenvalue weighted by atomic mass is 79.9. The topological polar surface area (TPSA) is 64.6 Å². The highest BCUT2D eigenvalue weighted by Crippen LogP contribution is 2.37. The summed E-state index contributed by atoms with van der Waals surface area (Å²) >= 11 is 3.51. The third-order valence-corrected chi connectivity index (χ3v) is 4.64. The molecule has 5 nitrogen and oxygen atoms in total. The van der Waals surface area contributed by atoms with Crippen LogP contribution >= 0.6 is 15.9 Å². The first-order valence-electron chi connectivity index (χ1n) is 9.18. The van der Waals surface area contributed by atoms with Crippen LogP contribution in [-0.4, -0.2) is 23.9 Å². The lowest BCUT2D eigenvalue weighted by Crippen LogP contribution is -2.15. The highest BCUT2D eigenvalue weighted by molar-refractivity contribution is 9.10. The predicted molar refractivity (Wildman–Crippen MR) is 115 cm³/mol. The minimum Gasteiger partial charge on any atom is -0.490 e. The van der Waals surface area contributed by atoms with Gasteiger partial charge in [0.05, 0.1) is 12.2 Å². The number of carbonyl (C=O) groups is 2. The number of Topliss-reactive ketones (excluding diaryl/α,β-unsaturated/α-hetero) is 1. The minimum atomic E-state index is -0.287. The van der Waals surface area contributed by atoms with Gasteiger partial charge in [-0.3, -0.25) is 9.59 Å². The largest absolute Gasteiger partial charge is 0.490 e. The number of benzene rings is 2. The first-order valence-corrected chi connectivity index (χ1v) is 9.97. The second-order valence-corrected chi connectivity index (χ2v) is 7.95. The standard InChI is InChI=1S/C22H26BrNO4/c1-12(2)27-19-10-16(11-20(21(19)23)28-13(3)4)22(26)24-17-7-8-18(15(6)25)14(5)9-17/h7-13H,1-6H3,(H,24,26). The van der Waals surface area contributed by atoms with E-state index in [-0.39, 0.29) is 23.9 Å². The summed E-state index contributed by atoms with van der Waals surface area (Å²) in [7, 11) is 0. The molecule has 0 fully saturated rings. The van der Waals surface area contributed by atoms with Gasteiger partial charge in [-0.1, -0.05) is 0 Å². The lowest BCUT2D eigenvalue weighted by Gasteiger charge is -2.18. The van der Waals surface area contributed by atoms with Crippen LogP contribution in [0.3, 0.4) is 0 Å². The molecule has 0 aliphatic carbocycles. The van der Waals surface area contributed by atoms with Gasteiger partial charge >= 0.3 is 0 Å². The van der Waals surface area contributed by atoms with E-state index >= 15 is 0 Å². The van der Waals surface area contributed by atoms with Crippen LogP contribution in [0.15, 0.2) is 34.8 Å². The van der Waals surface area contributed by atoms with E-state index in [0.29, 0.717) is 32.8 Å². The molecule has 150 valence electrons. The Kier molecular flexibility index (Phi) is 7.24. The molecule has 0 aromatic heterocycles. The summed E-state index contributed by atoms with van der Waals surface area (Å²) in [6.07, 6.45) is -0.105. The van der Waals surface area contributed by atoms with Crippen LogP contribution in [0.1, 0.15) is 60.9 Å². The Morgan fingerprint density at radius 1 is 0.964 bits per heavy atom. The van der Waals surface area contributed by atoms with Crippen LogP contribution in [0, 0.1) is 6.92 Å². The molecule has 0 radical (unpaired) electrons. The molecule has 1 amide bonds. The summed E-state index contributed by atoms with van der Waals surface area (Å²) in [6.45, 7) is 11.0. The third-order valence-electron chi connectivity index (χ3n) is 3.86. The first kappa shape index (κ1) is 22.0. The lowest BCUT2D eigenvalue weighted by molar-refractivity contribution is 0.101. The Bertz CT molecular complexity index is 859. The van der Waals surface area contributed by atoms with E-state index in [0.717, 1.165) is 5.56 Å². The summed E-state index contributed by atoms with van der Waals surface area (Å²) in [4.78, 5) is 24.4. The number of halogens is 1. The number of amides is 1. The molecule has 0 unspecified atom stereocenters. The number of rotatable bonds is 7. The van der Waals surface area contributed by atoms with Gasteiger partial charge in [0.1, 0.15) is 16.0 Å². The van der Waals surface area contributed by atoms with Crippen molar-refractivity contribution < 1.29 is 19.1 Å². The normalized spacial score (nSPS) is 10.9. The molecule has 0 aliphatic rings. The average molecular weight is 448 g/mol. The van der Waals surface area contributed by atoms with Crippen molar-refractivity contribution in [3.63, 3.8) is 0 Å². The summed E-state index contributed by atoms with van der Waals surface area (Å²) in [5.41, 5.74) is 2.49. The molecule has 0 saturated heterocycles. The lowest BCUT2D eigenvalue weighted by atomic mass is 10.0. The highest BCUT2D eigenvalue weighted by Gasteiger charge is 2.18. The molecule has 0 spiro atoms. The zero-order chi connectivity index (χ0) is 21.0. The Labute approximate surface area is 174 Å². The SMILES string of the molecule is CC(=O)c1ccc(NC(=O)c2cc(OC(C)C)c(Br)c(OC(C)C)c2)cc1C. The van der Waals surface area contributed by atoms with E-state index in [1.807, 2.05) is 34.6 Å². The average Bonchev–Trinajstić information content (AvgIpc) is 2.57. The third kappa shape index (κ3) is 5.58. The number of hydrogen-bond acceptors (Lipinski definition) is 4. The van der Waals surface area contributed by atoms with Crippen LogP contribution in [-0.2, 0) is 0 Å². The van der Waals surface area contributed by atoms with Gasteiger partial charge in [0.25, 0.3) is 5.91 Å². The van der Waals surface area contributed by atoms with Gasteiger partial charge in [0.15, 0.2) is 5.78 Å². The minimum absolute atomic E-state index is 0.00534. The maximum atomic E-state index is 12.8. The van der Waals surface area contributed by atoms with E-state index in [2.05, 4.69) is 21.2 Å². The fourth-order valence-corrected chi connectivity index (χ4v) is 3.14. The molecule has 6 heteroatoms. The van der Waals surface area contributed by atoms with Crippen LogP contribution in [0.25, 0.3) is 0 Å². The van der Waals surface area contributed by atoms with Crippen molar-refractivity contribution in [2.24, 2.45) is 0 Å². The number of anilines is 1. The first-order chi connectivity index (χ1) is 13.1. The summed E-state index contributed by atoms with van der Waals surface area (Å²) in [5.74, 6) is 0.793. The molecule has 1 N–H and O–H groups in total. The van der Waals surface area contributed by atoms with Gasteiger partial charge in [-0.15, -0.1) is 0 Å². The van der Waals surface area contributed by atoms with Crippen LogP contribution in [0.2, 0.25) is 0 Å². The van der Waals surface area contributed by atoms with Crippen LogP contribution in [0.4, 0.5) is 5.69 Å². The molecule has 0 heterocycles. The quantitative estimate of drug-likeness (QED) is 0.545. The van der Waals surface area contributed by atoms with Crippen molar-refractivity contribution in [1.29, 1.82) is 0 Å². The Morgan fingerprint density at radius 2 is 1.50 bits per heavy atom. The number of hydrogen-bond donors (Lipinski definition) is 1. The van der Waals surface area contributed by atoms with Gasteiger partial charge in [-0.25, -0.2) is 0 Å². The second-order valence-electron chi connectivity index (χ2n) is 7.16. The number of ether oxygens (including phenoxy) is 2. The van der Waals surface area contributed by atoms with E-state index in [1.165, 1.54) is 6.92 Å². The molecule has 0 bridgehead atoms. The van der Waals surface area contributed by atoms with Crippen LogP contribution in [0.5, 0.6) is 11.5 Å². The van der Waals surface area contributed by atoms with Gasteiger partial charge in [-0.05, 0) is 93.4 Å². The molecule has 0 aliphatic heterocycles. The zero-order valence-corrected chi connectivity index (χ0v) is 18.6. The zero-order valence-electron chi connectivity index (χ0n) is 17.1. The van der Waals surface area contributed by atoms with Gasteiger partial charge in [0.2, 0.25) is 0 Å². The maximum absolute atomic E-state index is 12.8. The van der Waals surface area contributed by atoms with Crippen molar-refractivity contribution >= 4 is 33.3 Å². The van der Waals surface area contributed by atoms with E-state index in [4.69, 9.17) is 9.47 Å². The van der Waals surface area contributed by atoms with Crippen molar-refractivity contribution in [3.8, 4) is 11.5 Å².